The predicted molar refractivity (Wildman–Crippen MR) is 53.8 cm³/mol. The van der Waals surface area contributed by atoms with E-state index in [4.69, 9.17) is 33.0 Å². The molecule has 0 bridgehead atoms. The Morgan fingerprint density at radius 2 is 2.08 bits per heavy atom. The van der Waals surface area contributed by atoms with Crippen LogP contribution in [0.15, 0.2) is 12.1 Å². The molecule has 0 spiro atoms. The maximum absolute atomic E-state index is 8.57. The molecule has 0 radical (unpaired) electrons. The summed E-state index contributed by atoms with van der Waals surface area (Å²) in [5.41, 5.74) is 0.902. The maximum Gasteiger partial charge on any atom is 0.156 e. The van der Waals surface area contributed by atoms with Crippen LogP contribution in [0.25, 0.3) is 0 Å². The average molecular weight is 221 g/mol. The largest absolute Gasteiger partial charge is 0.488 e. The van der Waals surface area contributed by atoms with Crippen LogP contribution in [-0.4, -0.2) is 18.3 Å². The second kappa shape index (κ2) is 4.70. The minimum atomic E-state index is -0.0550. The monoisotopic (exact) mass is 220 g/mol. The van der Waals surface area contributed by atoms with Crippen LogP contribution in [0.1, 0.15) is 5.56 Å². The number of aliphatic hydroxyl groups excluding tert-OH is 1. The third-order valence-electron chi connectivity index (χ3n) is 1.58. The van der Waals surface area contributed by atoms with Crippen molar-refractivity contribution in [3.8, 4) is 5.75 Å². The number of hydrogen-bond acceptors (Lipinski definition) is 2. The van der Waals surface area contributed by atoms with Crippen LogP contribution in [0, 0.1) is 6.92 Å². The van der Waals surface area contributed by atoms with Crippen LogP contribution in [0.3, 0.4) is 0 Å². The molecule has 4 heteroatoms. The van der Waals surface area contributed by atoms with E-state index in [2.05, 4.69) is 0 Å². The zero-order chi connectivity index (χ0) is 9.84. The number of aliphatic hydroxyl groups is 1. The molecule has 1 aromatic rings. The fourth-order valence-corrected chi connectivity index (χ4v) is 1.39. The molecule has 0 aliphatic rings. The number of halogens is 2. The summed E-state index contributed by atoms with van der Waals surface area (Å²) in [6.45, 7) is 2.01. The fraction of sp³-hybridized carbons (Fsp3) is 0.333. The average Bonchev–Trinajstić information content (AvgIpc) is 2.12. The number of benzene rings is 1. The molecule has 1 rings (SSSR count). The lowest BCUT2D eigenvalue weighted by atomic mass is 10.2. The Bertz CT molecular complexity index is 300. The smallest absolute Gasteiger partial charge is 0.156 e. The van der Waals surface area contributed by atoms with Crippen molar-refractivity contribution in [1.29, 1.82) is 0 Å². The van der Waals surface area contributed by atoms with Crippen molar-refractivity contribution in [2.24, 2.45) is 0 Å². The first kappa shape index (κ1) is 10.6. The van der Waals surface area contributed by atoms with E-state index in [1.807, 2.05) is 13.0 Å². The summed E-state index contributed by atoms with van der Waals surface area (Å²) in [5, 5.41) is 9.53. The van der Waals surface area contributed by atoms with E-state index in [1.54, 1.807) is 6.07 Å². The highest BCUT2D eigenvalue weighted by molar-refractivity contribution is 6.37. The van der Waals surface area contributed by atoms with E-state index < -0.39 is 0 Å². The molecule has 0 unspecified atom stereocenters. The van der Waals surface area contributed by atoms with Gasteiger partial charge < -0.3 is 9.84 Å². The van der Waals surface area contributed by atoms with Gasteiger partial charge in [-0.15, -0.1) is 0 Å². The van der Waals surface area contributed by atoms with Gasteiger partial charge in [0.15, 0.2) is 5.75 Å². The van der Waals surface area contributed by atoms with E-state index in [1.165, 1.54) is 0 Å². The Morgan fingerprint density at radius 3 is 2.69 bits per heavy atom. The summed E-state index contributed by atoms with van der Waals surface area (Å²) in [6, 6.07) is 3.53. The van der Waals surface area contributed by atoms with Gasteiger partial charge in [-0.05, 0) is 18.6 Å². The van der Waals surface area contributed by atoms with Gasteiger partial charge in [0.1, 0.15) is 6.61 Å². The van der Waals surface area contributed by atoms with Crippen molar-refractivity contribution in [2.45, 2.75) is 6.92 Å². The van der Waals surface area contributed by atoms with Gasteiger partial charge in [0.05, 0.1) is 16.7 Å². The molecular formula is C9H10Cl2O2. The molecule has 2 nitrogen and oxygen atoms in total. The van der Waals surface area contributed by atoms with Crippen molar-refractivity contribution in [3.05, 3.63) is 27.7 Å². The molecule has 0 fully saturated rings. The number of ether oxygens (including phenoxy) is 1. The molecule has 0 aliphatic heterocycles. The van der Waals surface area contributed by atoms with Crippen LogP contribution < -0.4 is 4.74 Å². The predicted octanol–water partition coefficient (Wildman–Crippen LogP) is 2.67. The first-order chi connectivity index (χ1) is 6.16. The molecule has 13 heavy (non-hydrogen) atoms. The second-order valence-corrected chi connectivity index (χ2v) is 3.36. The Balaban J connectivity index is 2.96. The van der Waals surface area contributed by atoms with Crippen molar-refractivity contribution in [1.82, 2.24) is 0 Å². The Kier molecular flexibility index (Phi) is 3.85. The van der Waals surface area contributed by atoms with Crippen LogP contribution in [0.2, 0.25) is 10.0 Å². The molecule has 0 aliphatic carbocycles. The van der Waals surface area contributed by atoms with Gasteiger partial charge in [-0.3, -0.25) is 0 Å². The minimum Gasteiger partial charge on any atom is -0.488 e. The lowest BCUT2D eigenvalue weighted by molar-refractivity contribution is 0.201. The van der Waals surface area contributed by atoms with Gasteiger partial charge in [0.25, 0.3) is 0 Å². The van der Waals surface area contributed by atoms with E-state index in [9.17, 15) is 0 Å². The second-order valence-electron chi connectivity index (χ2n) is 2.58. The van der Waals surface area contributed by atoms with E-state index in [-0.39, 0.29) is 13.2 Å². The van der Waals surface area contributed by atoms with E-state index in [0.717, 1.165) is 5.56 Å². The zero-order valence-corrected chi connectivity index (χ0v) is 8.69. The minimum absolute atomic E-state index is 0.0550. The van der Waals surface area contributed by atoms with E-state index >= 15 is 0 Å². The molecule has 0 heterocycles. The maximum atomic E-state index is 8.57. The normalized spacial score (nSPS) is 10.2. The molecule has 0 aromatic heterocycles. The third-order valence-corrected chi connectivity index (χ3v) is 2.35. The van der Waals surface area contributed by atoms with Gasteiger partial charge in [0, 0.05) is 0 Å². The Hall–Kier alpha value is -0.440. The quantitative estimate of drug-likeness (QED) is 0.850. The Labute approximate surface area is 87.0 Å². The van der Waals surface area contributed by atoms with Gasteiger partial charge in [0.2, 0.25) is 0 Å². The van der Waals surface area contributed by atoms with Crippen molar-refractivity contribution < 1.29 is 9.84 Å². The third kappa shape index (κ3) is 2.50. The van der Waals surface area contributed by atoms with Gasteiger partial charge in [-0.25, -0.2) is 0 Å². The number of hydrogen-bond donors (Lipinski definition) is 1. The molecule has 1 aromatic carbocycles. The van der Waals surface area contributed by atoms with E-state index in [0.29, 0.717) is 15.8 Å². The highest BCUT2D eigenvalue weighted by Crippen LogP contribution is 2.34. The molecule has 0 saturated carbocycles. The fourth-order valence-electron chi connectivity index (χ4n) is 0.911. The highest BCUT2D eigenvalue weighted by Gasteiger charge is 2.08. The van der Waals surface area contributed by atoms with Gasteiger partial charge in [-0.2, -0.15) is 0 Å². The lowest BCUT2D eigenvalue weighted by Crippen LogP contribution is -2.02. The van der Waals surface area contributed by atoms with Crippen LogP contribution in [0.5, 0.6) is 5.75 Å². The summed E-state index contributed by atoms with van der Waals surface area (Å²) >= 11 is 11.8. The first-order valence-corrected chi connectivity index (χ1v) is 4.60. The molecule has 72 valence electrons. The zero-order valence-electron chi connectivity index (χ0n) is 7.18. The molecule has 0 amide bonds. The van der Waals surface area contributed by atoms with Crippen LogP contribution in [0.4, 0.5) is 0 Å². The van der Waals surface area contributed by atoms with Crippen molar-refractivity contribution in [2.75, 3.05) is 13.2 Å². The standard InChI is InChI=1S/C9H10Cl2O2/c1-6-2-3-7(10)9(8(6)11)13-5-4-12/h2-3,12H,4-5H2,1H3. The summed E-state index contributed by atoms with van der Waals surface area (Å²) < 4.78 is 5.18. The summed E-state index contributed by atoms with van der Waals surface area (Å²) in [5.74, 6) is 0.442. The molecule has 1 N–H and O–H groups in total. The van der Waals surface area contributed by atoms with Crippen LogP contribution >= 0.6 is 23.2 Å². The summed E-state index contributed by atoms with van der Waals surface area (Å²) in [4.78, 5) is 0. The highest BCUT2D eigenvalue weighted by atomic mass is 35.5. The number of aryl methyl sites for hydroxylation is 1. The number of rotatable bonds is 3. The van der Waals surface area contributed by atoms with Crippen molar-refractivity contribution in [3.63, 3.8) is 0 Å². The summed E-state index contributed by atoms with van der Waals surface area (Å²) in [7, 11) is 0. The van der Waals surface area contributed by atoms with Gasteiger partial charge >= 0.3 is 0 Å². The molecular weight excluding hydrogens is 211 g/mol. The molecule has 0 saturated heterocycles. The first-order valence-electron chi connectivity index (χ1n) is 3.85. The van der Waals surface area contributed by atoms with Crippen molar-refractivity contribution >= 4 is 23.2 Å². The summed E-state index contributed by atoms with van der Waals surface area (Å²) in [6.07, 6.45) is 0. The van der Waals surface area contributed by atoms with Gasteiger partial charge in [-0.1, -0.05) is 29.3 Å². The molecule has 0 atom stereocenters. The lowest BCUT2D eigenvalue weighted by Gasteiger charge is -2.09. The Morgan fingerprint density at radius 1 is 1.38 bits per heavy atom. The topological polar surface area (TPSA) is 29.5 Å². The van der Waals surface area contributed by atoms with Crippen LogP contribution in [-0.2, 0) is 0 Å². The SMILES string of the molecule is Cc1ccc(Cl)c(OCCO)c1Cl.